The highest BCUT2D eigenvalue weighted by molar-refractivity contribution is 5.73. The van der Waals surface area contributed by atoms with Gasteiger partial charge in [0.15, 0.2) is 12.4 Å². The van der Waals surface area contributed by atoms with Crippen molar-refractivity contribution in [1.29, 1.82) is 0 Å². The van der Waals surface area contributed by atoms with Crippen molar-refractivity contribution >= 4 is 5.97 Å². The van der Waals surface area contributed by atoms with Gasteiger partial charge in [-0.25, -0.2) is 4.79 Å². The Morgan fingerprint density at radius 1 is 0.794 bits per heavy atom. The number of rotatable bonds is 6. The van der Waals surface area contributed by atoms with Crippen molar-refractivity contribution in [3.8, 4) is 0 Å². The lowest BCUT2D eigenvalue weighted by atomic mass is 9.81. The molecular weight excluding hydrogens is 464 g/mol. The van der Waals surface area contributed by atoms with Gasteiger partial charge in [0.1, 0.15) is 54.9 Å². The Kier molecular flexibility index (Phi) is 8.87. The Morgan fingerprint density at radius 3 is 2.00 bits per heavy atom. The molecule has 14 nitrogen and oxygen atoms in total. The van der Waals surface area contributed by atoms with E-state index in [1.54, 1.807) is 6.92 Å². The smallest absolute Gasteiger partial charge is 0.335 e. The Balaban J connectivity index is 1.82. The maximum atomic E-state index is 11.3. The molecule has 0 spiro atoms. The highest BCUT2D eigenvalue weighted by Crippen LogP contribution is 2.34. The van der Waals surface area contributed by atoms with Crippen LogP contribution in [0.25, 0.3) is 0 Å². The molecular formula is C20H34O14. The number of carboxylic acids is 1. The van der Waals surface area contributed by atoms with E-state index < -0.39 is 104 Å². The average molecular weight is 498 g/mol. The number of aliphatic hydroxyl groups is 8. The van der Waals surface area contributed by atoms with Gasteiger partial charge in [-0.3, -0.25) is 0 Å². The predicted octanol–water partition coefficient (Wildman–Crippen LogP) is -4.72. The van der Waals surface area contributed by atoms with Crippen LogP contribution in [0.2, 0.25) is 0 Å². The topological polar surface area (TPSA) is 236 Å². The maximum Gasteiger partial charge on any atom is 0.335 e. The molecule has 0 aromatic rings. The number of ether oxygens (including phenoxy) is 4. The summed E-state index contributed by atoms with van der Waals surface area (Å²) >= 11 is 0. The van der Waals surface area contributed by atoms with Crippen LogP contribution in [0, 0.1) is 5.92 Å². The van der Waals surface area contributed by atoms with Gasteiger partial charge in [0.2, 0.25) is 0 Å². The maximum absolute atomic E-state index is 11.3. The molecule has 3 fully saturated rings. The summed E-state index contributed by atoms with van der Waals surface area (Å²) in [7, 11) is 0. The first-order valence-electron chi connectivity index (χ1n) is 11.1. The lowest BCUT2D eigenvalue weighted by Crippen LogP contribution is -2.66. The fourth-order valence-electron chi connectivity index (χ4n) is 4.64. The van der Waals surface area contributed by atoms with E-state index in [2.05, 4.69) is 0 Å². The minimum absolute atomic E-state index is 0.0689. The third kappa shape index (κ3) is 5.23. The predicted molar refractivity (Wildman–Crippen MR) is 107 cm³/mol. The first-order chi connectivity index (χ1) is 15.9. The van der Waals surface area contributed by atoms with Crippen molar-refractivity contribution in [1.82, 2.24) is 0 Å². The quantitative estimate of drug-likeness (QED) is 0.167. The zero-order valence-corrected chi connectivity index (χ0v) is 18.6. The van der Waals surface area contributed by atoms with Crippen molar-refractivity contribution in [3.63, 3.8) is 0 Å². The molecule has 198 valence electrons. The highest BCUT2D eigenvalue weighted by Gasteiger charge is 2.53. The van der Waals surface area contributed by atoms with Crippen LogP contribution >= 0.6 is 0 Å². The Bertz CT molecular complexity index is 694. The van der Waals surface area contributed by atoms with E-state index in [0.717, 1.165) is 0 Å². The summed E-state index contributed by atoms with van der Waals surface area (Å²) in [5.41, 5.74) is 0. The van der Waals surface area contributed by atoms with Crippen molar-refractivity contribution in [3.05, 3.63) is 0 Å². The van der Waals surface area contributed by atoms with Gasteiger partial charge in [-0.15, -0.1) is 0 Å². The molecule has 1 saturated carbocycles. The van der Waals surface area contributed by atoms with Crippen molar-refractivity contribution in [2.24, 2.45) is 5.92 Å². The third-order valence-electron chi connectivity index (χ3n) is 6.78. The number of carbonyl (C=O) groups is 1. The summed E-state index contributed by atoms with van der Waals surface area (Å²) in [4.78, 5) is 11.3. The van der Waals surface area contributed by atoms with Gasteiger partial charge in [0, 0.05) is 0 Å². The van der Waals surface area contributed by atoms with E-state index in [0.29, 0.717) is 0 Å². The fraction of sp³-hybridized carbons (Fsp3) is 0.950. The second-order valence-electron chi connectivity index (χ2n) is 9.21. The molecule has 1 aliphatic carbocycles. The molecule has 0 amide bonds. The molecule has 0 bridgehead atoms. The fourth-order valence-corrected chi connectivity index (χ4v) is 4.64. The molecule has 0 aromatic heterocycles. The van der Waals surface area contributed by atoms with E-state index in [4.69, 9.17) is 24.1 Å². The number of aliphatic carboxylic acids is 1. The van der Waals surface area contributed by atoms with E-state index >= 15 is 0 Å². The summed E-state index contributed by atoms with van der Waals surface area (Å²) in [5, 5.41) is 90.7. The Hall–Kier alpha value is -1.01. The molecule has 2 aliphatic heterocycles. The summed E-state index contributed by atoms with van der Waals surface area (Å²) in [6.45, 7) is 2.28. The third-order valence-corrected chi connectivity index (χ3v) is 6.78. The lowest BCUT2D eigenvalue weighted by Gasteiger charge is -2.48. The van der Waals surface area contributed by atoms with Gasteiger partial charge in [0.05, 0.1) is 24.9 Å². The monoisotopic (exact) mass is 498 g/mol. The number of carboxylic acid groups (broad SMARTS) is 1. The van der Waals surface area contributed by atoms with Gasteiger partial charge in [-0.05, 0) is 19.3 Å². The highest BCUT2D eigenvalue weighted by atomic mass is 16.7. The summed E-state index contributed by atoms with van der Waals surface area (Å²) in [6, 6.07) is 0. The standard InChI is InChI=1S/C20H34O14/c1-5-3-7(10(23)12(25)9(5)22)32-18-13(26)11(24)8(4-21)33-20(18)34-16-6(2)31-17(19(29)30)15(28)14(16)27/h5-18,20-28H,3-4H2,1-2H3,(H,29,30)/t5-,6?,7-,8-,9+,10+,11+,12-,13+,14+,15+,16+,17+,18?,20+/m1/s1. The van der Waals surface area contributed by atoms with Gasteiger partial charge >= 0.3 is 5.97 Å². The molecule has 3 rings (SSSR count). The Morgan fingerprint density at radius 2 is 1.41 bits per heavy atom. The average Bonchev–Trinajstić information content (AvgIpc) is 2.79. The molecule has 0 radical (unpaired) electrons. The van der Waals surface area contributed by atoms with Crippen molar-refractivity contribution < 1.29 is 69.7 Å². The van der Waals surface area contributed by atoms with Crippen LogP contribution in [0.3, 0.4) is 0 Å². The molecule has 15 atom stereocenters. The second-order valence-corrected chi connectivity index (χ2v) is 9.21. The molecule has 2 unspecified atom stereocenters. The number of hydrogen-bond donors (Lipinski definition) is 9. The minimum Gasteiger partial charge on any atom is -0.479 e. The van der Waals surface area contributed by atoms with Crippen LogP contribution in [0.1, 0.15) is 20.3 Å². The van der Waals surface area contributed by atoms with Gasteiger partial charge in [-0.2, -0.15) is 0 Å². The molecule has 34 heavy (non-hydrogen) atoms. The Labute approximate surface area is 194 Å². The van der Waals surface area contributed by atoms with Gasteiger partial charge in [-0.1, -0.05) is 6.92 Å². The SMILES string of the molecule is CC1O[C@H](C(=O)O)[C@@H](O)[C@H](O)[C@H]1O[C@@H]1O[C@H](CO)[C@H](O)[C@H](O)C1O[C@@H]1C[C@@H](C)[C@H](O)[C@@H](O)[C@H]1O. The van der Waals surface area contributed by atoms with Crippen LogP contribution < -0.4 is 0 Å². The first kappa shape index (κ1) is 27.6. The van der Waals surface area contributed by atoms with Crippen LogP contribution in [0.5, 0.6) is 0 Å². The normalized spacial score (nSPS) is 52.4. The molecule has 14 heteroatoms. The van der Waals surface area contributed by atoms with E-state index in [1.807, 2.05) is 0 Å². The zero-order valence-electron chi connectivity index (χ0n) is 18.6. The zero-order chi connectivity index (χ0) is 25.5. The largest absolute Gasteiger partial charge is 0.479 e. The molecule has 9 N–H and O–H groups in total. The molecule has 3 aliphatic rings. The molecule has 2 saturated heterocycles. The number of aliphatic hydroxyl groups excluding tert-OH is 8. The summed E-state index contributed by atoms with van der Waals surface area (Å²) < 4.78 is 22.3. The minimum atomic E-state index is -1.86. The molecule has 2 heterocycles. The van der Waals surface area contributed by atoms with Crippen molar-refractivity contribution in [2.75, 3.05) is 6.61 Å². The van der Waals surface area contributed by atoms with Gasteiger partial charge < -0.3 is 64.9 Å². The lowest BCUT2D eigenvalue weighted by molar-refractivity contribution is -0.353. The van der Waals surface area contributed by atoms with Crippen molar-refractivity contribution in [2.45, 2.75) is 106 Å². The summed E-state index contributed by atoms with van der Waals surface area (Å²) in [6.07, 6.45) is -20.9. The van der Waals surface area contributed by atoms with Crippen LogP contribution in [0.15, 0.2) is 0 Å². The van der Waals surface area contributed by atoms with Crippen LogP contribution in [-0.4, -0.2) is 144 Å². The van der Waals surface area contributed by atoms with E-state index in [9.17, 15) is 45.6 Å². The summed E-state index contributed by atoms with van der Waals surface area (Å²) in [5.74, 6) is -1.98. The van der Waals surface area contributed by atoms with Crippen LogP contribution in [-0.2, 0) is 23.7 Å². The molecule has 0 aromatic carbocycles. The van der Waals surface area contributed by atoms with E-state index in [1.165, 1.54) is 6.92 Å². The van der Waals surface area contributed by atoms with Crippen LogP contribution in [0.4, 0.5) is 0 Å². The van der Waals surface area contributed by atoms with E-state index in [-0.39, 0.29) is 6.42 Å². The second kappa shape index (κ2) is 10.9. The first-order valence-corrected chi connectivity index (χ1v) is 11.1. The van der Waals surface area contributed by atoms with Gasteiger partial charge in [0.25, 0.3) is 0 Å². The number of hydrogen-bond acceptors (Lipinski definition) is 13.